The molecule has 0 amide bonds. The zero-order valence-corrected chi connectivity index (χ0v) is 8.49. The first-order valence-corrected chi connectivity index (χ1v) is 5.19. The molecule has 0 aromatic carbocycles. The van der Waals surface area contributed by atoms with Crippen LogP contribution in [0.15, 0.2) is 18.3 Å². The number of hydrogen-bond acceptors (Lipinski definition) is 3. The van der Waals surface area contributed by atoms with Gasteiger partial charge in [0.2, 0.25) is 0 Å². The highest BCUT2D eigenvalue weighted by molar-refractivity contribution is 5.39. The fourth-order valence-corrected chi connectivity index (χ4v) is 1.82. The van der Waals surface area contributed by atoms with Crippen LogP contribution < -0.4 is 10.1 Å². The summed E-state index contributed by atoms with van der Waals surface area (Å²) >= 11 is 0. The van der Waals surface area contributed by atoms with Crippen LogP contribution in [0.2, 0.25) is 0 Å². The van der Waals surface area contributed by atoms with E-state index in [1.807, 2.05) is 19.2 Å². The van der Waals surface area contributed by atoms with Crippen LogP contribution >= 0.6 is 0 Å². The summed E-state index contributed by atoms with van der Waals surface area (Å²) in [5.41, 5.74) is 0. The van der Waals surface area contributed by atoms with E-state index in [9.17, 15) is 0 Å². The Morgan fingerprint density at radius 3 is 2.93 bits per heavy atom. The monoisotopic (exact) mass is 192 g/mol. The van der Waals surface area contributed by atoms with Crippen LogP contribution in [-0.4, -0.2) is 18.1 Å². The van der Waals surface area contributed by atoms with Crippen molar-refractivity contribution in [3.63, 3.8) is 0 Å². The Morgan fingerprint density at radius 1 is 1.43 bits per heavy atom. The van der Waals surface area contributed by atoms with Crippen molar-refractivity contribution < 1.29 is 4.74 Å². The molecular formula is C11H16N2O. The average Bonchev–Trinajstić information content (AvgIpc) is 2.71. The molecule has 3 heteroatoms. The maximum absolute atomic E-state index is 5.84. The van der Waals surface area contributed by atoms with Crippen LogP contribution in [0.3, 0.4) is 0 Å². The molecule has 0 unspecified atom stereocenters. The summed E-state index contributed by atoms with van der Waals surface area (Å²) in [7, 11) is 1.86. The Hall–Kier alpha value is -1.25. The van der Waals surface area contributed by atoms with Crippen LogP contribution in [0.25, 0.3) is 0 Å². The Labute approximate surface area is 84.5 Å². The summed E-state index contributed by atoms with van der Waals surface area (Å²) in [5.74, 6) is 1.79. The van der Waals surface area contributed by atoms with E-state index < -0.39 is 0 Å². The first-order chi connectivity index (χ1) is 6.88. The molecule has 1 saturated carbocycles. The highest BCUT2D eigenvalue weighted by atomic mass is 16.5. The normalized spacial score (nSPS) is 16.9. The van der Waals surface area contributed by atoms with Crippen LogP contribution in [0.5, 0.6) is 5.75 Å². The van der Waals surface area contributed by atoms with Crippen LogP contribution in [0.1, 0.15) is 25.7 Å². The molecule has 1 aliphatic rings. The number of ether oxygens (including phenoxy) is 1. The van der Waals surface area contributed by atoms with Gasteiger partial charge in [0.1, 0.15) is 11.6 Å². The molecule has 1 aromatic heterocycles. The number of pyridine rings is 1. The zero-order chi connectivity index (χ0) is 9.80. The summed E-state index contributed by atoms with van der Waals surface area (Å²) in [5, 5.41) is 3.00. The lowest BCUT2D eigenvalue weighted by atomic mass is 10.3. The van der Waals surface area contributed by atoms with Crippen molar-refractivity contribution in [1.82, 2.24) is 4.98 Å². The molecule has 1 aromatic rings. The number of rotatable bonds is 3. The molecular weight excluding hydrogens is 176 g/mol. The number of nitrogens with one attached hydrogen (secondary N) is 1. The van der Waals surface area contributed by atoms with Crippen LogP contribution in [0.4, 0.5) is 5.82 Å². The third-order valence-electron chi connectivity index (χ3n) is 2.59. The molecule has 2 rings (SSSR count). The second-order valence-electron chi connectivity index (χ2n) is 3.65. The van der Waals surface area contributed by atoms with Gasteiger partial charge < -0.3 is 10.1 Å². The largest absolute Gasteiger partial charge is 0.490 e. The predicted molar refractivity (Wildman–Crippen MR) is 56.7 cm³/mol. The Morgan fingerprint density at radius 2 is 2.21 bits per heavy atom. The predicted octanol–water partition coefficient (Wildman–Crippen LogP) is 2.44. The zero-order valence-electron chi connectivity index (χ0n) is 8.49. The molecule has 0 bridgehead atoms. The molecule has 1 heterocycles. The molecule has 76 valence electrons. The minimum Gasteiger partial charge on any atom is -0.490 e. The van der Waals surface area contributed by atoms with Gasteiger partial charge in [0.25, 0.3) is 0 Å². The molecule has 1 fully saturated rings. The van der Waals surface area contributed by atoms with E-state index in [-0.39, 0.29) is 0 Å². The topological polar surface area (TPSA) is 34.1 Å². The quantitative estimate of drug-likeness (QED) is 0.798. The smallest absolute Gasteiger partial charge is 0.129 e. The van der Waals surface area contributed by atoms with E-state index in [2.05, 4.69) is 10.3 Å². The third kappa shape index (κ3) is 2.16. The minimum absolute atomic E-state index is 0.419. The lowest BCUT2D eigenvalue weighted by Gasteiger charge is -2.13. The summed E-state index contributed by atoms with van der Waals surface area (Å²) in [6, 6.07) is 3.86. The molecule has 0 saturated heterocycles. The van der Waals surface area contributed by atoms with Crippen molar-refractivity contribution in [2.75, 3.05) is 12.4 Å². The maximum atomic E-state index is 5.84. The SMILES string of the molecule is CNc1cc(OC2CCCC2)ccn1. The maximum Gasteiger partial charge on any atom is 0.129 e. The van der Waals surface area contributed by atoms with Gasteiger partial charge in [-0.05, 0) is 31.7 Å². The van der Waals surface area contributed by atoms with Gasteiger partial charge in [0, 0.05) is 19.3 Å². The van der Waals surface area contributed by atoms with E-state index in [1.54, 1.807) is 6.20 Å². The summed E-state index contributed by atoms with van der Waals surface area (Å²) in [6.07, 6.45) is 7.18. The molecule has 1 N–H and O–H groups in total. The molecule has 0 radical (unpaired) electrons. The third-order valence-corrected chi connectivity index (χ3v) is 2.59. The number of hydrogen-bond donors (Lipinski definition) is 1. The fraction of sp³-hybridized carbons (Fsp3) is 0.545. The van der Waals surface area contributed by atoms with E-state index in [1.165, 1.54) is 25.7 Å². The van der Waals surface area contributed by atoms with Gasteiger partial charge in [-0.3, -0.25) is 0 Å². The molecule has 0 spiro atoms. The van der Waals surface area contributed by atoms with E-state index in [0.29, 0.717) is 6.10 Å². The van der Waals surface area contributed by atoms with Crippen LogP contribution in [-0.2, 0) is 0 Å². The van der Waals surface area contributed by atoms with Crippen molar-refractivity contribution in [3.05, 3.63) is 18.3 Å². The fourth-order valence-electron chi connectivity index (χ4n) is 1.82. The van der Waals surface area contributed by atoms with Crippen molar-refractivity contribution >= 4 is 5.82 Å². The molecule has 14 heavy (non-hydrogen) atoms. The average molecular weight is 192 g/mol. The lowest BCUT2D eigenvalue weighted by Crippen LogP contribution is -2.11. The van der Waals surface area contributed by atoms with E-state index >= 15 is 0 Å². The summed E-state index contributed by atoms with van der Waals surface area (Å²) in [6.45, 7) is 0. The molecule has 1 aliphatic carbocycles. The van der Waals surface area contributed by atoms with Gasteiger partial charge in [0.05, 0.1) is 6.10 Å². The minimum atomic E-state index is 0.419. The standard InChI is InChI=1S/C11H16N2O/c1-12-11-8-10(6-7-13-11)14-9-4-2-3-5-9/h6-9H,2-5H2,1H3,(H,12,13). The van der Waals surface area contributed by atoms with E-state index in [4.69, 9.17) is 4.74 Å². The van der Waals surface area contributed by atoms with E-state index in [0.717, 1.165) is 11.6 Å². The Bertz CT molecular complexity index is 295. The second kappa shape index (κ2) is 4.31. The van der Waals surface area contributed by atoms with Gasteiger partial charge in [-0.25, -0.2) is 4.98 Å². The van der Waals surface area contributed by atoms with Gasteiger partial charge in [-0.15, -0.1) is 0 Å². The van der Waals surface area contributed by atoms with Gasteiger partial charge >= 0.3 is 0 Å². The summed E-state index contributed by atoms with van der Waals surface area (Å²) in [4.78, 5) is 4.14. The Balaban J connectivity index is 2.00. The molecule has 0 atom stereocenters. The molecule has 0 aliphatic heterocycles. The summed E-state index contributed by atoms with van der Waals surface area (Å²) < 4.78 is 5.84. The molecule has 3 nitrogen and oxygen atoms in total. The van der Waals surface area contributed by atoms with Gasteiger partial charge in [-0.1, -0.05) is 0 Å². The number of nitrogens with zero attached hydrogens (tertiary/aromatic N) is 1. The first kappa shape index (κ1) is 9.31. The number of anilines is 1. The Kier molecular flexibility index (Phi) is 2.87. The van der Waals surface area contributed by atoms with Crippen molar-refractivity contribution in [3.8, 4) is 5.75 Å². The van der Waals surface area contributed by atoms with Crippen molar-refractivity contribution in [2.24, 2.45) is 0 Å². The lowest BCUT2D eigenvalue weighted by molar-refractivity contribution is 0.210. The van der Waals surface area contributed by atoms with Gasteiger partial charge in [-0.2, -0.15) is 0 Å². The second-order valence-corrected chi connectivity index (χ2v) is 3.65. The number of aromatic nitrogens is 1. The first-order valence-electron chi connectivity index (χ1n) is 5.19. The van der Waals surface area contributed by atoms with Crippen molar-refractivity contribution in [1.29, 1.82) is 0 Å². The van der Waals surface area contributed by atoms with Gasteiger partial charge in [0.15, 0.2) is 0 Å². The van der Waals surface area contributed by atoms with Crippen LogP contribution in [0, 0.1) is 0 Å². The van der Waals surface area contributed by atoms with Crippen molar-refractivity contribution in [2.45, 2.75) is 31.8 Å². The highest BCUT2D eigenvalue weighted by Gasteiger charge is 2.16. The highest BCUT2D eigenvalue weighted by Crippen LogP contribution is 2.24.